The molecule has 4 rings (SSSR count). The van der Waals surface area contributed by atoms with Crippen LogP contribution in [0, 0.1) is 11.8 Å². The lowest BCUT2D eigenvalue weighted by atomic mass is 9.79. The molecule has 2 aromatic rings. The van der Waals surface area contributed by atoms with Crippen molar-refractivity contribution >= 4 is 11.4 Å². The van der Waals surface area contributed by atoms with E-state index in [1.165, 1.54) is 12.1 Å². The quantitative estimate of drug-likeness (QED) is 0.276. The fraction of sp³-hybridized carbons (Fsp3) is 0.543. The highest BCUT2D eigenvalue weighted by molar-refractivity contribution is 5.72. The van der Waals surface area contributed by atoms with E-state index >= 15 is 0 Å². The van der Waals surface area contributed by atoms with Crippen molar-refractivity contribution in [3.63, 3.8) is 0 Å². The maximum Gasteiger partial charge on any atom is 0.416 e. The Morgan fingerprint density at radius 3 is 1.79 bits per heavy atom. The number of anilines is 2. The van der Waals surface area contributed by atoms with E-state index in [2.05, 4.69) is 37.5 Å². The fourth-order valence-corrected chi connectivity index (χ4v) is 6.41. The maximum absolute atomic E-state index is 13.7. The number of allylic oxidation sites excluding steroid dienone is 3. The average Bonchev–Trinajstić information content (AvgIpc) is 3.23. The van der Waals surface area contributed by atoms with Crippen LogP contribution < -0.4 is 9.80 Å². The Kier molecular flexibility index (Phi) is 8.86. The van der Waals surface area contributed by atoms with Gasteiger partial charge in [-0.2, -0.15) is 26.3 Å². The summed E-state index contributed by atoms with van der Waals surface area (Å²) < 4.78 is 81.9. The lowest BCUT2D eigenvalue weighted by Gasteiger charge is -2.33. The fourth-order valence-electron chi connectivity index (χ4n) is 6.41. The number of alkyl halides is 6. The molecule has 236 valence electrons. The summed E-state index contributed by atoms with van der Waals surface area (Å²) in [5.74, 6) is 0.828. The van der Waals surface area contributed by atoms with Gasteiger partial charge in [-0.05, 0) is 78.3 Å². The van der Waals surface area contributed by atoms with Crippen LogP contribution in [0.3, 0.4) is 0 Å². The molecular weight excluding hydrogens is 562 g/mol. The number of nitrogens with zero attached hydrogens (tertiary/aromatic N) is 2. The summed E-state index contributed by atoms with van der Waals surface area (Å²) in [6, 6.07) is 7.83. The van der Waals surface area contributed by atoms with Crippen LogP contribution in [-0.4, -0.2) is 19.1 Å². The molecule has 2 aliphatic rings. The Morgan fingerprint density at radius 1 is 0.744 bits per heavy atom. The van der Waals surface area contributed by atoms with Crippen molar-refractivity contribution in [3.05, 3.63) is 82.6 Å². The van der Waals surface area contributed by atoms with Crippen molar-refractivity contribution in [2.45, 2.75) is 97.5 Å². The monoisotopic (exact) mass is 606 g/mol. The van der Waals surface area contributed by atoms with Gasteiger partial charge in [0.15, 0.2) is 0 Å². The first-order valence-corrected chi connectivity index (χ1v) is 15.1. The summed E-state index contributed by atoms with van der Waals surface area (Å²) in [5, 5.41) is 0. The lowest BCUT2D eigenvalue weighted by molar-refractivity contribution is -0.138. The van der Waals surface area contributed by atoms with Gasteiger partial charge in [-0.15, -0.1) is 0 Å². The SMILES string of the molecule is CC(C)CCN1C(=CC=CC2N(CCC(C)C)c3ccc(C(F)(F)F)cc3C2(C)C)C(C)(C)c2cc(C(F)(F)F)ccc21. The molecule has 0 amide bonds. The van der Waals surface area contributed by atoms with Crippen molar-refractivity contribution in [3.8, 4) is 0 Å². The number of fused-ring (bicyclic) bond motifs is 2. The molecule has 0 spiro atoms. The van der Waals surface area contributed by atoms with Gasteiger partial charge in [-0.1, -0.05) is 67.5 Å². The maximum atomic E-state index is 13.7. The smallest absolute Gasteiger partial charge is 0.364 e. The molecule has 0 aliphatic carbocycles. The molecule has 2 aliphatic heterocycles. The lowest BCUT2D eigenvalue weighted by Crippen LogP contribution is -2.40. The van der Waals surface area contributed by atoms with Gasteiger partial charge in [0.25, 0.3) is 0 Å². The molecular formula is C35H44F6N2. The molecule has 1 atom stereocenters. The van der Waals surface area contributed by atoms with Crippen molar-refractivity contribution < 1.29 is 26.3 Å². The van der Waals surface area contributed by atoms with Crippen LogP contribution in [0.15, 0.2) is 60.3 Å². The number of halogens is 6. The molecule has 0 N–H and O–H groups in total. The first kappa shape index (κ1) is 33.0. The molecule has 0 saturated heterocycles. The highest BCUT2D eigenvalue weighted by atomic mass is 19.4. The molecule has 0 bridgehead atoms. The number of benzene rings is 2. The summed E-state index contributed by atoms with van der Waals surface area (Å²) in [4.78, 5) is 4.33. The Morgan fingerprint density at radius 2 is 1.26 bits per heavy atom. The minimum absolute atomic E-state index is 0.200. The van der Waals surface area contributed by atoms with E-state index in [9.17, 15) is 26.3 Å². The zero-order valence-corrected chi connectivity index (χ0v) is 26.4. The summed E-state index contributed by atoms with van der Waals surface area (Å²) in [6.07, 6.45) is -1.14. The third-order valence-corrected chi connectivity index (χ3v) is 9.05. The van der Waals surface area contributed by atoms with E-state index in [-0.39, 0.29) is 6.04 Å². The minimum atomic E-state index is -4.44. The average molecular weight is 607 g/mol. The summed E-state index contributed by atoms with van der Waals surface area (Å²) in [5.41, 5.74) is 1.21. The highest BCUT2D eigenvalue weighted by Gasteiger charge is 2.45. The van der Waals surface area contributed by atoms with Gasteiger partial charge >= 0.3 is 12.4 Å². The molecule has 8 heteroatoms. The van der Waals surface area contributed by atoms with Crippen LogP contribution >= 0.6 is 0 Å². The molecule has 2 aromatic carbocycles. The van der Waals surface area contributed by atoms with Crippen molar-refractivity contribution in [2.75, 3.05) is 22.9 Å². The second-order valence-electron chi connectivity index (χ2n) is 13.9. The Hall–Kier alpha value is -2.90. The summed E-state index contributed by atoms with van der Waals surface area (Å²) in [7, 11) is 0. The van der Waals surface area contributed by atoms with Crippen LogP contribution in [0.1, 0.15) is 90.5 Å². The normalized spacial score (nSPS) is 20.7. The van der Waals surface area contributed by atoms with Crippen LogP contribution in [0.4, 0.5) is 37.7 Å². The number of hydrogen-bond donors (Lipinski definition) is 0. The van der Waals surface area contributed by atoms with E-state index < -0.39 is 34.3 Å². The van der Waals surface area contributed by atoms with Gasteiger partial charge in [0.05, 0.1) is 17.2 Å². The van der Waals surface area contributed by atoms with Gasteiger partial charge in [0.1, 0.15) is 0 Å². The molecule has 2 nitrogen and oxygen atoms in total. The van der Waals surface area contributed by atoms with E-state index in [4.69, 9.17) is 0 Å². The van der Waals surface area contributed by atoms with E-state index in [1.54, 1.807) is 12.1 Å². The number of rotatable bonds is 8. The molecule has 0 fully saturated rings. The Bertz CT molecular complexity index is 1380. The second kappa shape index (κ2) is 11.6. The predicted octanol–water partition coefficient (Wildman–Crippen LogP) is 10.5. The van der Waals surface area contributed by atoms with Crippen molar-refractivity contribution in [1.82, 2.24) is 0 Å². The van der Waals surface area contributed by atoms with E-state index in [0.29, 0.717) is 36.1 Å². The third kappa shape index (κ3) is 6.48. The second-order valence-corrected chi connectivity index (χ2v) is 13.9. The van der Waals surface area contributed by atoms with Crippen LogP contribution in [0.5, 0.6) is 0 Å². The largest absolute Gasteiger partial charge is 0.416 e. The van der Waals surface area contributed by atoms with E-state index in [1.807, 2.05) is 45.9 Å². The highest BCUT2D eigenvalue weighted by Crippen LogP contribution is 2.51. The van der Waals surface area contributed by atoms with Gasteiger partial charge in [-0.25, -0.2) is 0 Å². The van der Waals surface area contributed by atoms with Crippen molar-refractivity contribution in [1.29, 1.82) is 0 Å². The van der Waals surface area contributed by atoms with Gasteiger partial charge in [0.2, 0.25) is 0 Å². The van der Waals surface area contributed by atoms with E-state index in [0.717, 1.165) is 42.0 Å². The molecule has 0 radical (unpaired) electrons. The Labute approximate surface area is 252 Å². The molecule has 0 aromatic heterocycles. The predicted molar refractivity (Wildman–Crippen MR) is 164 cm³/mol. The summed E-state index contributed by atoms with van der Waals surface area (Å²) >= 11 is 0. The van der Waals surface area contributed by atoms with Crippen molar-refractivity contribution in [2.24, 2.45) is 11.8 Å². The molecule has 1 unspecified atom stereocenters. The van der Waals surface area contributed by atoms with Crippen LogP contribution in [-0.2, 0) is 23.2 Å². The molecule has 43 heavy (non-hydrogen) atoms. The first-order chi connectivity index (χ1) is 19.8. The van der Waals surface area contributed by atoms with Gasteiger partial charge in [0, 0.05) is 41.0 Å². The van der Waals surface area contributed by atoms with Crippen LogP contribution in [0.25, 0.3) is 0 Å². The van der Waals surface area contributed by atoms with Gasteiger partial charge < -0.3 is 9.80 Å². The van der Waals surface area contributed by atoms with Gasteiger partial charge in [-0.3, -0.25) is 0 Å². The van der Waals surface area contributed by atoms with Crippen LogP contribution in [0.2, 0.25) is 0 Å². The zero-order chi connectivity index (χ0) is 32.1. The Balaban J connectivity index is 1.76. The topological polar surface area (TPSA) is 6.48 Å². The molecule has 2 heterocycles. The third-order valence-electron chi connectivity index (χ3n) is 9.05. The summed E-state index contributed by atoms with van der Waals surface area (Å²) in [6.45, 7) is 17.7. The number of hydrogen-bond acceptors (Lipinski definition) is 2. The minimum Gasteiger partial charge on any atom is -0.364 e. The standard InChI is InChI=1S/C35H44F6N2/c1-22(2)16-18-42-28-14-12-24(34(36,37)38)20-26(28)32(5,6)30(42)10-9-11-31-33(7,8)27-21-25(35(39,40)41)13-15-29(27)43(31)19-17-23(3)4/h9-15,20-23,30H,16-19H2,1-8H3. The molecule has 0 saturated carbocycles. The zero-order valence-electron chi connectivity index (χ0n) is 26.4. The first-order valence-electron chi connectivity index (χ1n) is 15.1.